The Morgan fingerprint density at radius 1 is 1.30 bits per heavy atom. The number of carbonyl (C=O) groups is 1. The number of aryl methyl sites for hydroxylation is 1. The molecule has 2 heterocycles. The topological polar surface area (TPSA) is 64.3 Å². The highest BCUT2D eigenvalue weighted by Gasteiger charge is 2.23. The van der Waals surface area contributed by atoms with Gasteiger partial charge in [0.15, 0.2) is 0 Å². The molecule has 2 amide bonds. The van der Waals surface area contributed by atoms with E-state index in [4.69, 9.17) is 0 Å². The molecular weight excluding hydrogens is 338 g/mol. The molecule has 1 aliphatic heterocycles. The van der Waals surface area contributed by atoms with Crippen LogP contribution in [-0.4, -0.2) is 58.8 Å². The number of aromatic nitrogens is 2. The fourth-order valence-electron chi connectivity index (χ4n) is 4.55. The van der Waals surface area contributed by atoms with Crippen molar-refractivity contribution in [2.45, 2.75) is 77.8 Å². The summed E-state index contributed by atoms with van der Waals surface area (Å²) >= 11 is 0. The van der Waals surface area contributed by atoms with Gasteiger partial charge in [0.25, 0.3) is 0 Å². The number of nitrogens with zero attached hydrogens (tertiary/aromatic N) is 3. The van der Waals surface area contributed by atoms with Crippen molar-refractivity contribution in [2.75, 3.05) is 26.7 Å². The third-order valence-corrected chi connectivity index (χ3v) is 5.98. The van der Waals surface area contributed by atoms with Crippen LogP contribution in [0.5, 0.6) is 0 Å². The molecule has 2 N–H and O–H groups in total. The molecular formula is C21H37N5O. The van der Waals surface area contributed by atoms with Gasteiger partial charge in [-0.05, 0) is 63.0 Å². The summed E-state index contributed by atoms with van der Waals surface area (Å²) < 4.78 is 0. The van der Waals surface area contributed by atoms with E-state index in [0.717, 1.165) is 31.5 Å². The highest BCUT2D eigenvalue weighted by atomic mass is 16.2. The van der Waals surface area contributed by atoms with Crippen LogP contribution in [0.15, 0.2) is 0 Å². The zero-order valence-corrected chi connectivity index (χ0v) is 17.4. The molecule has 1 unspecified atom stereocenters. The Kier molecular flexibility index (Phi) is 7.16. The number of rotatable bonds is 7. The number of amides is 2. The number of hydrogen-bond acceptors (Lipinski definition) is 3. The summed E-state index contributed by atoms with van der Waals surface area (Å²) in [5.41, 5.74) is 3.65. The van der Waals surface area contributed by atoms with Gasteiger partial charge in [-0.3, -0.25) is 5.10 Å². The summed E-state index contributed by atoms with van der Waals surface area (Å²) in [4.78, 5) is 16.9. The maximum absolute atomic E-state index is 12.5. The Bertz CT molecular complexity index is 612. The van der Waals surface area contributed by atoms with Crippen molar-refractivity contribution in [3.63, 3.8) is 0 Å². The standard InChI is InChI=1S/C21H37N5O/c1-16(2)14-26-13-7-6-8-17(26)11-12-22-21(27)25(3)15-20-18-9-4-5-10-19(18)23-24-20/h16-17H,4-15H2,1-3H3,(H,22,27)(H,23,24). The average molecular weight is 376 g/mol. The van der Waals surface area contributed by atoms with Gasteiger partial charge in [0.1, 0.15) is 0 Å². The van der Waals surface area contributed by atoms with Gasteiger partial charge in [0.05, 0.1) is 12.2 Å². The zero-order valence-electron chi connectivity index (χ0n) is 17.4. The summed E-state index contributed by atoms with van der Waals surface area (Å²) in [6.07, 6.45) is 9.58. The molecule has 152 valence electrons. The maximum atomic E-state index is 12.5. The normalized spacial score (nSPS) is 20.5. The average Bonchev–Trinajstić information content (AvgIpc) is 3.05. The number of likely N-dealkylation sites (tertiary alicyclic amines) is 1. The van der Waals surface area contributed by atoms with Crippen LogP contribution in [0.1, 0.15) is 69.3 Å². The molecule has 0 spiro atoms. The van der Waals surface area contributed by atoms with Crippen LogP contribution in [0.2, 0.25) is 0 Å². The molecule has 6 heteroatoms. The van der Waals surface area contributed by atoms with Gasteiger partial charge >= 0.3 is 6.03 Å². The van der Waals surface area contributed by atoms with Crippen LogP contribution >= 0.6 is 0 Å². The van der Waals surface area contributed by atoms with Crippen LogP contribution < -0.4 is 5.32 Å². The van der Waals surface area contributed by atoms with Gasteiger partial charge in [-0.1, -0.05) is 20.3 Å². The molecule has 1 saturated heterocycles. The lowest BCUT2D eigenvalue weighted by atomic mass is 9.96. The molecule has 27 heavy (non-hydrogen) atoms. The summed E-state index contributed by atoms with van der Waals surface area (Å²) in [5, 5.41) is 10.7. The first kappa shape index (κ1) is 20.2. The first-order valence-corrected chi connectivity index (χ1v) is 10.8. The Labute approximate surface area is 164 Å². The van der Waals surface area contributed by atoms with E-state index in [2.05, 4.69) is 34.3 Å². The first-order valence-electron chi connectivity index (χ1n) is 10.8. The number of aromatic amines is 1. The lowest BCUT2D eigenvalue weighted by Gasteiger charge is -2.37. The lowest BCUT2D eigenvalue weighted by Crippen LogP contribution is -2.44. The smallest absolute Gasteiger partial charge is 0.317 e. The number of carbonyl (C=O) groups excluding carboxylic acids is 1. The van der Waals surface area contributed by atoms with Crippen molar-refractivity contribution in [3.8, 4) is 0 Å². The molecule has 1 aliphatic carbocycles. The van der Waals surface area contributed by atoms with Crippen molar-refractivity contribution in [1.82, 2.24) is 25.3 Å². The quantitative estimate of drug-likeness (QED) is 0.768. The van der Waals surface area contributed by atoms with E-state index in [1.807, 2.05) is 7.05 Å². The number of urea groups is 1. The Hall–Kier alpha value is -1.56. The number of nitrogens with one attached hydrogen (secondary N) is 2. The van der Waals surface area contributed by atoms with Crippen LogP contribution in [0, 0.1) is 5.92 Å². The van der Waals surface area contributed by atoms with E-state index < -0.39 is 0 Å². The number of fused-ring (bicyclic) bond motifs is 1. The molecule has 2 aliphatic rings. The molecule has 1 fully saturated rings. The van der Waals surface area contributed by atoms with Crippen molar-refractivity contribution in [1.29, 1.82) is 0 Å². The predicted octanol–water partition coefficient (Wildman–Crippen LogP) is 3.33. The number of piperidine rings is 1. The molecule has 1 aromatic rings. The van der Waals surface area contributed by atoms with Crippen LogP contribution in [0.25, 0.3) is 0 Å². The molecule has 0 saturated carbocycles. The highest BCUT2D eigenvalue weighted by Crippen LogP contribution is 2.23. The Balaban J connectivity index is 1.44. The monoisotopic (exact) mass is 375 g/mol. The SMILES string of the molecule is CC(C)CN1CCCCC1CCNC(=O)N(C)Cc1n[nH]c2c1CCCC2. The summed E-state index contributed by atoms with van der Waals surface area (Å²) in [5.74, 6) is 0.700. The maximum Gasteiger partial charge on any atom is 0.317 e. The van der Waals surface area contributed by atoms with Crippen molar-refractivity contribution in [3.05, 3.63) is 17.0 Å². The third kappa shape index (κ3) is 5.47. The fraction of sp³-hybridized carbons (Fsp3) is 0.810. The minimum atomic E-state index is 0.00813. The number of hydrogen-bond donors (Lipinski definition) is 2. The number of H-pyrrole nitrogens is 1. The molecule has 0 radical (unpaired) electrons. The second kappa shape index (κ2) is 9.58. The van der Waals surface area contributed by atoms with E-state index in [-0.39, 0.29) is 6.03 Å². The van der Waals surface area contributed by atoms with E-state index in [1.165, 1.54) is 56.5 Å². The van der Waals surface area contributed by atoms with Crippen LogP contribution in [0.3, 0.4) is 0 Å². The van der Waals surface area contributed by atoms with Gasteiger partial charge in [0, 0.05) is 31.9 Å². The van der Waals surface area contributed by atoms with Gasteiger partial charge < -0.3 is 15.1 Å². The summed E-state index contributed by atoms with van der Waals surface area (Å²) in [7, 11) is 1.87. The van der Waals surface area contributed by atoms with E-state index in [9.17, 15) is 4.79 Å². The predicted molar refractivity (Wildman–Crippen MR) is 109 cm³/mol. The highest BCUT2D eigenvalue weighted by molar-refractivity contribution is 5.73. The second-order valence-corrected chi connectivity index (χ2v) is 8.75. The first-order chi connectivity index (χ1) is 13.0. The minimum Gasteiger partial charge on any atom is -0.338 e. The van der Waals surface area contributed by atoms with Crippen molar-refractivity contribution >= 4 is 6.03 Å². The lowest BCUT2D eigenvalue weighted by molar-refractivity contribution is 0.124. The van der Waals surface area contributed by atoms with Crippen molar-refractivity contribution in [2.24, 2.45) is 5.92 Å². The van der Waals surface area contributed by atoms with Crippen molar-refractivity contribution < 1.29 is 4.79 Å². The van der Waals surface area contributed by atoms with E-state index in [1.54, 1.807) is 4.90 Å². The largest absolute Gasteiger partial charge is 0.338 e. The molecule has 6 nitrogen and oxygen atoms in total. The molecule has 1 atom stereocenters. The van der Waals surface area contributed by atoms with Gasteiger partial charge in [-0.15, -0.1) is 0 Å². The van der Waals surface area contributed by atoms with Gasteiger partial charge in [-0.2, -0.15) is 5.10 Å². The third-order valence-electron chi connectivity index (χ3n) is 5.98. The zero-order chi connectivity index (χ0) is 19.2. The van der Waals surface area contributed by atoms with Crippen LogP contribution in [0.4, 0.5) is 4.79 Å². The Morgan fingerprint density at radius 2 is 2.11 bits per heavy atom. The Morgan fingerprint density at radius 3 is 2.93 bits per heavy atom. The van der Waals surface area contributed by atoms with E-state index >= 15 is 0 Å². The van der Waals surface area contributed by atoms with Crippen LogP contribution in [-0.2, 0) is 19.4 Å². The molecule has 1 aromatic heterocycles. The second-order valence-electron chi connectivity index (χ2n) is 8.75. The summed E-state index contributed by atoms with van der Waals surface area (Å²) in [6.45, 7) is 8.29. The molecule has 0 aromatic carbocycles. The molecule has 3 rings (SSSR count). The summed E-state index contributed by atoms with van der Waals surface area (Å²) in [6, 6.07) is 0.624. The molecule has 0 bridgehead atoms. The van der Waals surface area contributed by atoms with Gasteiger partial charge in [0.2, 0.25) is 0 Å². The van der Waals surface area contributed by atoms with Gasteiger partial charge in [-0.25, -0.2) is 4.79 Å². The minimum absolute atomic E-state index is 0.00813. The fourth-order valence-corrected chi connectivity index (χ4v) is 4.55. The van der Waals surface area contributed by atoms with E-state index in [0.29, 0.717) is 18.5 Å².